The average molecular weight is 414 g/mol. The van der Waals surface area contributed by atoms with E-state index in [0.29, 0.717) is 18.8 Å². The molecule has 1 N–H and O–H groups in total. The molecule has 0 atom stereocenters. The number of amides is 2. The number of nitrogens with one attached hydrogen (secondary N) is 1. The molecule has 0 unspecified atom stereocenters. The van der Waals surface area contributed by atoms with Gasteiger partial charge in [0, 0.05) is 36.6 Å². The largest absolute Gasteiger partial charge is 0.498 e. The normalized spacial score (nSPS) is 21.1. The Balaban J connectivity index is 1.33. The SMILES string of the molecule is CC1(C)OB(c2cnn(C3CCN(C(=O)Nc4cccc(F)c4)CC3)c2)OC1(C)C. The number of urea groups is 1. The maximum absolute atomic E-state index is 13.3. The van der Waals surface area contributed by atoms with Crippen LogP contribution < -0.4 is 10.8 Å². The number of anilines is 1. The molecule has 160 valence electrons. The van der Waals surface area contributed by atoms with E-state index in [4.69, 9.17) is 9.31 Å². The molecule has 0 radical (unpaired) electrons. The molecule has 2 aromatic rings. The summed E-state index contributed by atoms with van der Waals surface area (Å²) in [4.78, 5) is 14.2. The number of nitrogens with zero attached hydrogens (tertiary/aromatic N) is 3. The number of piperidine rings is 1. The predicted molar refractivity (Wildman–Crippen MR) is 113 cm³/mol. The topological polar surface area (TPSA) is 68.6 Å². The molecular formula is C21H28BFN4O3. The van der Waals surface area contributed by atoms with Crippen molar-refractivity contribution < 1.29 is 18.5 Å². The van der Waals surface area contributed by atoms with Crippen LogP contribution in [0.3, 0.4) is 0 Å². The van der Waals surface area contributed by atoms with Gasteiger partial charge in [0.05, 0.1) is 17.2 Å². The number of carbonyl (C=O) groups is 1. The van der Waals surface area contributed by atoms with Crippen molar-refractivity contribution in [2.75, 3.05) is 18.4 Å². The summed E-state index contributed by atoms with van der Waals surface area (Å²) in [6.07, 6.45) is 5.36. The number of benzene rings is 1. The number of halogens is 1. The van der Waals surface area contributed by atoms with E-state index in [9.17, 15) is 9.18 Å². The van der Waals surface area contributed by atoms with Gasteiger partial charge in [-0.2, -0.15) is 5.10 Å². The van der Waals surface area contributed by atoms with Crippen molar-refractivity contribution in [1.82, 2.24) is 14.7 Å². The lowest BCUT2D eigenvalue weighted by Gasteiger charge is -2.32. The fourth-order valence-electron chi connectivity index (χ4n) is 3.76. The van der Waals surface area contributed by atoms with Crippen LogP contribution in [0.15, 0.2) is 36.7 Å². The predicted octanol–water partition coefficient (Wildman–Crippen LogP) is 3.19. The highest BCUT2D eigenvalue weighted by atomic mass is 19.1. The summed E-state index contributed by atoms with van der Waals surface area (Å²) in [5.74, 6) is -0.372. The van der Waals surface area contributed by atoms with E-state index in [1.165, 1.54) is 12.1 Å². The van der Waals surface area contributed by atoms with Gasteiger partial charge in [-0.15, -0.1) is 0 Å². The molecule has 0 saturated carbocycles. The van der Waals surface area contributed by atoms with Gasteiger partial charge in [0.1, 0.15) is 5.82 Å². The molecule has 30 heavy (non-hydrogen) atoms. The van der Waals surface area contributed by atoms with Crippen molar-refractivity contribution in [1.29, 1.82) is 0 Å². The van der Waals surface area contributed by atoms with E-state index in [2.05, 4.69) is 10.4 Å². The second kappa shape index (κ2) is 7.70. The lowest BCUT2D eigenvalue weighted by molar-refractivity contribution is 0.00578. The molecule has 2 fully saturated rings. The van der Waals surface area contributed by atoms with Crippen molar-refractivity contribution in [2.24, 2.45) is 0 Å². The number of aromatic nitrogens is 2. The minimum atomic E-state index is -0.430. The van der Waals surface area contributed by atoms with Gasteiger partial charge in [0.2, 0.25) is 0 Å². The zero-order valence-electron chi connectivity index (χ0n) is 17.9. The molecule has 1 aromatic carbocycles. The Hall–Kier alpha value is -2.39. The minimum Gasteiger partial charge on any atom is -0.399 e. The van der Waals surface area contributed by atoms with Gasteiger partial charge >= 0.3 is 13.1 Å². The van der Waals surface area contributed by atoms with Gasteiger partial charge in [-0.05, 0) is 58.7 Å². The fraction of sp³-hybridized carbons (Fsp3) is 0.524. The van der Waals surface area contributed by atoms with E-state index in [1.807, 2.05) is 38.6 Å². The summed E-state index contributed by atoms with van der Waals surface area (Å²) in [5, 5.41) is 7.28. The van der Waals surface area contributed by atoms with Crippen LogP contribution in [0.1, 0.15) is 46.6 Å². The number of hydrogen-bond donors (Lipinski definition) is 1. The summed E-state index contributed by atoms with van der Waals surface area (Å²) in [6, 6.07) is 5.91. The van der Waals surface area contributed by atoms with Gasteiger partial charge in [0.15, 0.2) is 0 Å². The second-order valence-electron chi connectivity index (χ2n) is 9.00. The molecule has 4 rings (SSSR count). The van der Waals surface area contributed by atoms with E-state index in [0.717, 1.165) is 18.3 Å². The molecular weight excluding hydrogens is 386 g/mol. The third-order valence-electron chi connectivity index (χ3n) is 6.35. The maximum Gasteiger partial charge on any atom is 0.498 e. The first-order valence-electron chi connectivity index (χ1n) is 10.4. The van der Waals surface area contributed by atoms with Crippen LogP contribution in [0.25, 0.3) is 0 Å². The van der Waals surface area contributed by atoms with Gasteiger partial charge in [-0.3, -0.25) is 4.68 Å². The fourth-order valence-corrected chi connectivity index (χ4v) is 3.76. The molecule has 9 heteroatoms. The third-order valence-corrected chi connectivity index (χ3v) is 6.35. The van der Waals surface area contributed by atoms with Gasteiger partial charge < -0.3 is 19.5 Å². The van der Waals surface area contributed by atoms with E-state index in [-0.39, 0.29) is 29.1 Å². The van der Waals surface area contributed by atoms with Crippen LogP contribution in [0.4, 0.5) is 14.9 Å². The number of likely N-dealkylation sites (tertiary alicyclic amines) is 1. The van der Waals surface area contributed by atoms with E-state index >= 15 is 0 Å². The Morgan fingerprint density at radius 1 is 1.20 bits per heavy atom. The van der Waals surface area contributed by atoms with Crippen molar-refractivity contribution in [2.45, 2.75) is 57.8 Å². The molecule has 2 saturated heterocycles. The Labute approximate surface area is 176 Å². The van der Waals surface area contributed by atoms with Crippen molar-refractivity contribution in [3.63, 3.8) is 0 Å². The zero-order chi connectivity index (χ0) is 21.5. The molecule has 0 spiro atoms. The van der Waals surface area contributed by atoms with Crippen LogP contribution in [-0.2, 0) is 9.31 Å². The van der Waals surface area contributed by atoms with Crippen LogP contribution in [0, 0.1) is 5.82 Å². The first-order valence-corrected chi connectivity index (χ1v) is 10.4. The third kappa shape index (κ3) is 4.09. The summed E-state index contributed by atoms with van der Waals surface area (Å²) in [7, 11) is -0.430. The Morgan fingerprint density at radius 2 is 1.87 bits per heavy atom. The van der Waals surface area contributed by atoms with Crippen molar-refractivity contribution in [3.05, 3.63) is 42.5 Å². The molecule has 2 amide bonds. The zero-order valence-corrected chi connectivity index (χ0v) is 17.9. The quantitative estimate of drug-likeness (QED) is 0.784. The van der Waals surface area contributed by atoms with Crippen LogP contribution >= 0.6 is 0 Å². The highest BCUT2D eigenvalue weighted by Gasteiger charge is 2.52. The summed E-state index contributed by atoms with van der Waals surface area (Å²) in [5.41, 5.74) is 0.585. The summed E-state index contributed by atoms with van der Waals surface area (Å²) < 4.78 is 27.5. The molecule has 2 aliphatic rings. The van der Waals surface area contributed by atoms with Gasteiger partial charge in [0.25, 0.3) is 0 Å². The standard InChI is InChI=1S/C21H28BFN4O3/c1-20(2)21(3,4)30-22(29-20)15-13-24-27(14-15)18-8-10-26(11-9-18)19(28)25-17-7-5-6-16(23)12-17/h5-7,12-14,18H,8-11H2,1-4H3,(H,25,28). The van der Waals surface area contributed by atoms with Crippen LogP contribution in [-0.4, -0.2) is 52.1 Å². The van der Waals surface area contributed by atoms with Crippen molar-refractivity contribution in [3.8, 4) is 0 Å². The number of rotatable bonds is 3. The van der Waals surface area contributed by atoms with E-state index in [1.54, 1.807) is 23.2 Å². The minimum absolute atomic E-state index is 0.208. The smallest absolute Gasteiger partial charge is 0.399 e. The monoisotopic (exact) mass is 414 g/mol. The number of carbonyl (C=O) groups excluding carboxylic acids is 1. The van der Waals surface area contributed by atoms with Crippen LogP contribution in [0.2, 0.25) is 0 Å². The first kappa shape index (κ1) is 20.9. The Kier molecular flexibility index (Phi) is 5.36. The highest BCUT2D eigenvalue weighted by molar-refractivity contribution is 6.62. The van der Waals surface area contributed by atoms with Crippen molar-refractivity contribution >= 4 is 24.3 Å². The molecule has 0 aliphatic carbocycles. The Morgan fingerprint density at radius 3 is 2.50 bits per heavy atom. The summed E-state index contributed by atoms with van der Waals surface area (Å²) in [6.45, 7) is 9.34. The Bertz CT molecular complexity index is 908. The lowest BCUT2D eigenvalue weighted by atomic mass is 9.82. The maximum atomic E-state index is 13.3. The molecule has 0 bridgehead atoms. The van der Waals surface area contributed by atoms with E-state index < -0.39 is 7.12 Å². The summed E-state index contributed by atoms with van der Waals surface area (Å²) >= 11 is 0. The molecule has 7 nitrogen and oxygen atoms in total. The first-order chi connectivity index (χ1) is 14.1. The number of hydrogen-bond acceptors (Lipinski definition) is 4. The average Bonchev–Trinajstić information content (AvgIpc) is 3.25. The second-order valence-corrected chi connectivity index (χ2v) is 9.00. The molecule has 3 heterocycles. The van der Waals surface area contributed by atoms with Crippen LogP contribution in [0.5, 0.6) is 0 Å². The molecule has 1 aromatic heterocycles. The molecule has 2 aliphatic heterocycles. The van der Waals surface area contributed by atoms with Gasteiger partial charge in [-0.1, -0.05) is 6.07 Å². The lowest BCUT2D eigenvalue weighted by Crippen LogP contribution is -2.41. The highest BCUT2D eigenvalue weighted by Crippen LogP contribution is 2.36. The van der Waals surface area contributed by atoms with Gasteiger partial charge in [-0.25, -0.2) is 9.18 Å².